The number of fused-ring (bicyclic) bond motifs is 3. The van der Waals surface area contributed by atoms with Crippen molar-refractivity contribution in [3.05, 3.63) is 69.4 Å². The summed E-state index contributed by atoms with van der Waals surface area (Å²) in [6, 6.07) is 0. The number of azo groups is 3. The van der Waals surface area contributed by atoms with Gasteiger partial charge in [-0.3, -0.25) is 20.1 Å². The number of nitrogens with one attached hydrogen (secondary N) is 1. The first-order valence-corrected chi connectivity index (χ1v) is 22.4. The van der Waals surface area contributed by atoms with Crippen LogP contribution in [0.5, 0.6) is 0 Å². The Morgan fingerprint density at radius 2 is 1.06 bits per heavy atom. The van der Waals surface area contributed by atoms with E-state index in [1.807, 2.05) is 41.7 Å². The Hall–Kier alpha value is -6.17. The van der Waals surface area contributed by atoms with Gasteiger partial charge < -0.3 is 10.2 Å². The van der Waals surface area contributed by atoms with Gasteiger partial charge in [-0.15, -0.1) is 30.7 Å². The number of hydrogen-bond donors (Lipinski definition) is 3. The summed E-state index contributed by atoms with van der Waals surface area (Å²) in [4.78, 5) is 13.5. The Morgan fingerprint density at radius 1 is 0.587 bits per heavy atom. The van der Waals surface area contributed by atoms with E-state index in [1.165, 1.54) is 29.3 Å². The molecule has 3 N–H and O–H groups in total. The van der Waals surface area contributed by atoms with Crippen LogP contribution in [-0.4, -0.2) is 76.0 Å². The Kier molecular flexibility index (Phi) is 14.8. The fourth-order valence-corrected chi connectivity index (χ4v) is 7.96. The van der Waals surface area contributed by atoms with Gasteiger partial charge in [-0.05, 0) is 63.6 Å². The summed E-state index contributed by atoms with van der Waals surface area (Å²) in [5.74, 6) is 3.47. The van der Waals surface area contributed by atoms with Crippen molar-refractivity contribution < 1.29 is 10.2 Å². The van der Waals surface area contributed by atoms with Crippen LogP contribution in [0.1, 0.15) is 117 Å². The molecule has 21 nitrogen and oxygen atoms in total. The lowest BCUT2D eigenvalue weighted by Gasteiger charge is -2.00. The van der Waals surface area contributed by atoms with Crippen molar-refractivity contribution >= 4 is 73.5 Å². The third kappa shape index (κ3) is 9.90. The predicted octanol–water partition coefficient (Wildman–Crippen LogP) is 9.82. The molecule has 0 saturated heterocycles. The van der Waals surface area contributed by atoms with Crippen LogP contribution in [0.4, 0.5) is 32.9 Å². The average molecular weight is 894 g/mol. The van der Waals surface area contributed by atoms with Gasteiger partial charge in [-0.2, -0.15) is 29.1 Å². The second kappa shape index (κ2) is 20.8. The highest BCUT2D eigenvalue weighted by Crippen LogP contribution is 2.34. The number of aromatic amines is 1. The van der Waals surface area contributed by atoms with Crippen molar-refractivity contribution in [2.75, 3.05) is 0 Å². The summed E-state index contributed by atoms with van der Waals surface area (Å²) in [6.07, 6.45) is 12.2. The lowest BCUT2D eigenvalue weighted by Crippen LogP contribution is -2.10. The summed E-state index contributed by atoms with van der Waals surface area (Å²) in [5.41, 5.74) is 10.2. The monoisotopic (exact) mass is 893 g/mol. The highest BCUT2D eigenvalue weighted by atomic mass is 32.1. The fraction of sp³-hybridized carbons (Fsp3) is 0.475. The second-order valence-corrected chi connectivity index (χ2v) is 16.3. The van der Waals surface area contributed by atoms with Gasteiger partial charge in [-0.25, -0.2) is 14.0 Å². The minimum absolute atomic E-state index is 0.0843. The number of aliphatic hydroxyl groups excluding tert-OH is 2. The highest BCUT2D eigenvalue weighted by molar-refractivity contribution is 7.10. The van der Waals surface area contributed by atoms with Crippen LogP contribution >= 0.6 is 23.1 Å². The van der Waals surface area contributed by atoms with E-state index in [0.717, 1.165) is 124 Å². The average Bonchev–Trinajstić information content (AvgIpc) is 4.15. The van der Waals surface area contributed by atoms with Crippen molar-refractivity contribution in [3.8, 4) is 0 Å². The van der Waals surface area contributed by atoms with Gasteiger partial charge in [0.25, 0.3) is 0 Å². The third-order valence-corrected chi connectivity index (χ3v) is 11.8. The molecule has 0 saturated carbocycles. The molecule has 0 aliphatic carbocycles. The first-order valence-electron chi connectivity index (χ1n) is 20.9. The Bertz CT molecular complexity index is 2720. The molecule has 23 heteroatoms. The topological polar surface area (TPSA) is 260 Å². The Labute approximate surface area is 372 Å². The number of unbranched alkanes of at least 4 members (excludes halogenated alkanes) is 2. The van der Waals surface area contributed by atoms with E-state index in [1.54, 1.807) is 12.4 Å². The number of aromatic nitrogens is 10. The van der Waals surface area contributed by atoms with Gasteiger partial charge in [0.05, 0.1) is 73.2 Å². The van der Waals surface area contributed by atoms with Crippen LogP contribution < -0.4 is 0 Å². The molecule has 330 valence electrons. The molecule has 9 rings (SSSR count). The normalized spacial score (nSPS) is 14.0. The minimum Gasteiger partial charge on any atom is -0.392 e. The van der Waals surface area contributed by atoms with Gasteiger partial charge in [0, 0.05) is 48.3 Å². The van der Waals surface area contributed by atoms with Crippen LogP contribution in [-0.2, 0) is 32.8 Å². The number of hydrogen-bond acceptors (Lipinski definition) is 19. The van der Waals surface area contributed by atoms with E-state index in [2.05, 4.69) is 101 Å². The van der Waals surface area contributed by atoms with Crippen LogP contribution in [0.15, 0.2) is 64.3 Å². The maximum atomic E-state index is 9.19. The standard InChI is InChI=1S/C14H19N7O.C14H18N6S.C12H14N6OS/c1-3-4-5-12-15-7-11-13(9(2)20-21(11)12)17-19-14-10(8-22)6-16-18-14;1-4-5-6-12-15-8-11-13(10(3)19-20(11)12)17-18-14-9(2)7-16-21-14;1-3-10-13-5-9-11(7(2)17-18(9)10)15-16-12-8(6-19)4-14-20-12/h6,22H,3-5,7-8H2,1-2H3,(H,16,18);7H,4-6,8H2,1-3H3;4,19H,3,5-6H2,1-2H3. The molecule has 0 radical (unpaired) electrons. The molecule has 0 bridgehead atoms. The molecule has 9 heterocycles. The lowest BCUT2D eigenvalue weighted by atomic mass is 10.2. The summed E-state index contributed by atoms with van der Waals surface area (Å²) in [5, 5.41) is 65.6. The first-order chi connectivity index (χ1) is 30.7. The first kappa shape index (κ1) is 44.9. The van der Waals surface area contributed by atoms with Crippen LogP contribution in [0.2, 0.25) is 0 Å². The van der Waals surface area contributed by atoms with Crippen molar-refractivity contribution in [3.63, 3.8) is 0 Å². The number of aliphatic imine (C=N–C) groups is 3. The quantitative estimate of drug-likeness (QED) is 0.0833. The predicted molar refractivity (Wildman–Crippen MR) is 242 cm³/mol. The zero-order valence-corrected chi connectivity index (χ0v) is 38.1. The highest BCUT2D eigenvalue weighted by Gasteiger charge is 2.25. The maximum Gasteiger partial charge on any atom is 0.175 e. The van der Waals surface area contributed by atoms with Crippen molar-refractivity contribution in [1.82, 2.24) is 48.3 Å². The van der Waals surface area contributed by atoms with Gasteiger partial charge >= 0.3 is 0 Å². The molecule has 63 heavy (non-hydrogen) atoms. The summed E-state index contributed by atoms with van der Waals surface area (Å²) in [7, 11) is 0. The lowest BCUT2D eigenvalue weighted by molar-refractivity contribution is 0.282. The second-order valence-electron chi connectivity index (χ2n) is 14.8. The number of aliphatic hydroxyl groups is 2. The zero-order chi connectivity index (χ0) is 44.5. The molecular weight excluding hydrogens is 843 g/mol. The number of nitrogens with zero attached hydrogens (tertiary/aromatic N) is 18. The molecule has 0 atom stereocenters. The molecule has 0 unspecified atom stereocenters. The van der Waals surface area contributed by atoms with Crippen molar-refractivity contribution in [2.24, 2.45) is 45.7 Å². The van der Waals surface area contributed by atoms with Gasteiger partial charge in [0.1, 0.15) is 34.6 Å². The molecule has 0 spiro atoms. The molecule has 3 aliphatic rings. The van der Waals surface area contributed by atoms with Gasteiger partial charge in [0.15, 0.2) is 15.8 Å². The smallest absolute Gasteiger partial charge is 0.175 e. The van der Waals surface area contributed by atoms with E-state index in [-0.39, 0.29) is 13.2 Å². The Balaban J connectivity index is 0.000000142. The molecular formula is C40H51N19O2S2. The SMILES string of the molecule is CCC1=NCc2c(N=Nc3sncc3CO)c(C)nn21.CCCCC1=NCc2c(N=Nc3[nH]ncc3CO)c(C)nn21.CCCCC1=NCc2c(N=Nc3sncc3C)c(C)nn21. The van der Waals surface area contributed by atoms with Crippen molar-refractivity contribution in [1.29, 1.82) is 0 Å². The summed E-state index contributed by atoms with van der Waals surface area (Å²) < 4.78 is 13.8. The molecule has 3 aliphatic heterocycles. The summed E-state index contributed by atoms with van der Waals surface area (Å²) in [6.45, 7) is 15.8. The zero-order valence-electron chi connectivity index (χ0n) is 36.5. The number of H-pyrrole nitrogens is 1. The largest absolute Gasteiger partial charge is 0.392 e. The molecule has 6 aromatic heterocycles. The van der Waals surface area contributed by atoms with Crippen LogP contribution in [0.3, 0.4) is 0 Å². The maximum absolute atomic E-state index is 9.19. The molecule has 0 amide bonds. The molecule has 6 aromatic rings. The fourth-order valence-electron chi connectivity index (χ4n) is 6.78. The van der Waals surface area contributed by atoms with Crippen LogP contribution in [0, 0.1) is 27.7 Å². The summed E-state index contributed by atoms with van der Waals surface area (Å²) >= 11 is 2.57. The number of aryl methyl sites for hydroxylation is 4. The van der Waals surface area contributed by atoms with Gasteiger partial charge in [-0.1, -0.05) is 33.6 Å². The minimum atomic E-state index is -0.125. The molecule has 0 aromatic carbocycles. The van der Waals surface area contributed by atoms with Crippen molar-refractivity contribution in [2.45, 2.75) is 126 Å². The number of rotatable bonds is 15. The van der Waals surface area contributed by atoms with E-state index in [9.17, 15) is 10.2 Å². The van der Waals surface area contributed by atoms with E-state index < -0.39 is 0 Å². The molecule has 0 fully saturated rings. The van der Waals surface area contributed by atoms with E-state index in [0.29, 0.717) is 41.6 Å². The third-order valence-electron chi connectivity index (χ3n) is 10.3. The van der Waals surface area contributed by atoms with E-state index >= 15 is 0 Å². The Morgan fingerprint density at radius 3 is 1.56 bits per heavy atom. The van der Waals surface area contributed by atoms with Crippen LogP contribution in [0.25, 0.3) is 0 Å². The van der Waals surface area contributed by atoms with Gasteiger partial charge in [0.2, 0.25) is 0 Å². The van der Waals surface area contributed by atoms with E-state index in [4.69, 9.17) is 0 Å².